The summed E-state index contributed by atoms with van der Waals surface area (Å²) < 4.78 is 0. The second-order valence-corrected chi connectivity index (χ2v) is 3.10. The molecule has 1 nitrogen and oxygen atoms in total. The zero-order valence-corrected chi connectivity index (χ0v) is 8.28. The van der Waals surface area contributed by atoms with E-state index in [0.29, 0.717) is 17.1 Å². The first kappa shape index (κ1) is 9.50. The van der Waals surface area contributed by atoms with E-state index >= 15 is 0 Å². The SMILES string of the molecule is N#Cc1cc(CS)cc(CS)c1. The van der Waals surface area contributed by atoms with E-state index in [1.165, 1.54) is 0 Å². The standard InChI is InChI=1S/C9H9NS2/c10-4-7-1-8(5-11)3-9(2-7)6-12/h1-3,11-12H,5-6H2. The number of rotatable bonds is 2. The van der Waals surface area contributed by atoms with E-state index in [0.717, 1.165) is 11.1 Å². The number of nitrogens with zero attached hydrogens (tertiary/aromatic N) is 1. The van der Waals surface area contributed by atoms with Crippen molar-refractivity contribution in [2.45, 2.75) is 11.5 Å². The van der Waals surface area contributed by atoms with Gasteiger partial charge in [-0.05, 0) is 23.3 Å². The molecule has 3 heteroatoms. The van der Waals surface area contributed by atoms with Crippen LogP contribution in [0.15, 0.2) is 18.2 Å². The van der Waals surface area contributed by atoms with Crippen molar-refractivity contribution < 1.29 is 0 Å². The first-order valence-corrected chi connectivity index (χ1v) is 4.81. The van der Waals surface area contributed by atoms with Crippen LogP contribution in [0.5, 0.6) is 0 Å². The molecule has 0 amide bonds. The molecule has 0 saturated carbocycles. The first-order chi connectivity index (χ1) is 5.80. The average Bonchev–Trinajstić information content (AvgIpc) is 2.16. The molecule has 0 bridgehead atoms. The summed E-state index contributed by atoms with van der Waals surface area (Å²) in [5.74, 6) is 1.33. The van der Waals surface area contributed by atoms with E-state index in [1.807, 2.05) is 18.2 Å². The Hall–Kier alpha value is -0.590. The fraction of sp³-hybridized carbons (Fsp3) is 0.222. The van der Waals surface area contributed by atoms with Gasteiger partial charge in [-0.3, -0.25) is 0 Å². The first-order valence-electron chi connectivity index (χ1n) is 3.55. The van der Waals surface area contributed by atoms with Gasteiger partial charge in [0.2, 0.25) is 0 Å². The van der Waals surface area contributed by atoms with Crippen LogP contribution in [-0.2, 0) is 11.5 Å². The van der Waals surface area contributed by atoms with Crippen LogP contribution in [0.1, 0.15) is 16.7 Å². The summed E-state index contributed by atoms with van der Waals surface area (Å²) in [4.78, 5) is 0. The smallest absolute Gasteiger partial charge is 0.0991 e. The van der Waals surface area contributed by atoms with Crippen molar-refractivity contribution in [3.05, 3.63) is 34.9 Å². The minimum Gasteiger partial charge on any atom is -0.192 e. The quantitative estimate of drug-likeness (QED) is 0.696. The largest absolute Gasteiger partial charge is 0.192 e. The molecule has 0 aromatic heterocycles. The molecule has 0 aliphatic rings. The molecule has 0 unspecified atom stereocenters. The number of nitriles is 1. The van der Waals surface area contributed by atoms with E-state index in [4.69, 9.17) is 5.26 Å². The monoisotopic (exact) mass is 195 g/mol. The third kappa shape index (κ3) is 2.20. The van der Waals surface area contributed by atoms with Crippen LogP contribution in [0.2, 0.25) is 0 Å². The second kappa shape index (κ2) is 4.44. The second-order valence-electron chi connectivity index (χ2n) is 2.47. The van der Waals surface area contributed by atoms with Gasteiger partial charge >= 0.3 is 0 Å². The minimum atomic E-state index is 0.663. The van der Waals surface area contributed by atoms with Crippen LogP contribution in [0.3, 0.4) is 0 Å². The van der Waals surface area contributed by atoms with E-state index in [1.54, 1.807) is 0 Å². The summed E-state index contributed by atoms with van der Waals surface area (Å²) in [5, 5.41) is 8.68. The fourth-order valence-electron chi connectivity index (χ4n) is 1.01. The molecule has 1 aromatic carbocycles. The van der Waals surface area contributed by atoms with Gasteiger partial charge in [-0.25, -0.2) is 0 Å². The molecular weight excluding hydrogens is 186 g/mol. The summed E-state index contributed by atoms with van der Waals surface area (Å²) in [6, 6.07) is 7.82. The van der Waals surface area contributed by atoms with Gasteiger partial charge in [0.1, 0.15) is 0 Å². The number of benzene rings is 1. The average molecular weight is 195 g/mol. The molecule has 0 radical (unpaired) electrons. The van der Waals surface area contributed by atoms with E-state index in [-0.39, 0.29) is 0 Å². The van der Waals surface area contributed by atoms with Crippen molar-refractivity contribution in [3.8, 4) is 6.07 Å². The predicted octanol–water partition coefficient (Wildman–Crippen LogP) is 2.42. The van der Waals surface area contributed by atoms with Crippen molar-refractivity contribution in [2.75, 3.05) is 0 Å². The summed E-state index contributed by atoms with van der Waals surface area (Å²) in [6.45, 7) is 0. The van der Waals surface area contributed by atoms with Crippen LogP contribution >= 0.6 is 25.3 Å². The minimum absolute atomic E-state index is 0.663. The molecular formula is C9H9NS2. The van der Waals surface area contributed by atoms with Crippen molar-refractivity contribution >= 4 is 25.3 Å². The van der Waals surface area contributed by atoms with E-state index in [9.17, 15) is 0 Å². The molecule has 0 saturated heterocycles. The third-order valence-electron chi connectivity index (χ3n) is 1.55. The van der Waals surface area contributed by atoms with Gasteiger partial charge in [-0.1, -0.05) is 6.07 Å². The van der Waals surface area contributed by atoms with Crippen LogP contribution in [-0.4, -0.2) is 0 Å². The highest BCUT2D eigenvalue weighted by Gasteiger charge is 1.97. The Morgan fingerprint density at radius 1 is 1.08 bits per heavy atom. The maximum absolute atomic E-state index is 8.68. The van der Waals surface area contributed by atoms with Gasteiger partial charge in [0, 0.05) is 11.5 Å². The lowest BCUT2D eigenvalue weighted by atomic mass is 10.1. The molecule has 0 atom stereocenters. The lowest BCUT2D eigenvalue weighted by Crippen LogP contribution is -1.86. The Morgan fingerprint density at radius 2 is 1.58 bits per heavy atom. The molecule has 0 N–H and O–H groups in total. The number of thiol groups is 2. The molecule has 0 aliphatic carbocycles. The zero-order valence-electron chi connectivity index (χ0n) is 6.49. The Balaban J connectivity index is 3.12. The van der Waals surface area contributed by atoms with Gasteiger partial charge in [0.25, 0.3) is 0 Å². The molecule has 62 valence electrons. The van der Waals surface area contributed by atoms with Gasteiger partial charge in [-0.2, -0.15) is 30.5 Å². The van der Waals surface area contributed by atoms with Crippen molar-refractivity contribution in [2.24, 2.45) is 0 Å². The highest BCUT2D eigenvalue weighted by Crippen LogP contribution is 2.13. The Kier molecular flexibility index (Phi) is 3.51. The molecule has 0 fully saturated rings. The van der Waals surface area contributed by atoms with Gasteiger partial charge in [-0.15, -0.1) is 0 Å². The molecule has 0 aliphatic heterocycles. The maximum Gasteiger partial charge on any atom is 0.0991 e. The van der Waals surface area contributed by atoms with Crippen molar-refractivity contribution in [1.82, 2.24) is 0 Å². The Bertz CT molecular complexity index is 293. The highest BCUT2D eigenvalue weighted by molar-refractivity contribution is 7.79. The van der Waals surface area contributed by atoms with Crippen LogP contribution < -0.4 is 0 Å². The molecule has 0 heterocycles. The van der Waals surface area contributed by atoms with Crippen molar-refractivity contribution in [1.29, 1.82) is 5.26 Å². The fourth-order valence-corrected chi connectivity index (χ4v) is 1.37. The van der Waals surface area contributed by atoms with Gasteiger partial charge in [0.15, 0.2) is 0 Å². The highest BCUT2D eigenvalue weighted by atomic mass is 32.1. The molecule has 0 spiro atoms. The van der Waals surface area contributed by atoms with Crippen LogP contribution in [0, 0.1) is 11.3 Å². The molecule has 12 heavy (non-hydrogen) atoms. The molecule has 1 aromatic rings. The summed E-state index contributed by atoms with van der Waals surface area (Å²) >= 11 is 8.30. The predicted molar refractivity (Wildman–Crippen MR) is 56.5 cm³/mol. The summed E-state index contributed by atoms with van der Waals surface area (Å²) in [5.41, 5.74) is 2.83. The van der Waals surface area contributed by atoms with Crippen LogP contribution in [0.25, 0.3) is 0 Å². The zero-order chi connectivity index (χ0) is 8.97. The van der Waals surface area contributed by atoms with Gasteiger partial charge < -0.3 is 0 Å². The van der Waals surface area contributed by atoms with Gasteiger partial charge in [0.05, 0.1) is 11.6 Å². The Labute approximate surface area is 83.2 Å². The van der Waals surface area contributed by atoms with E-state index < -0.39 is 0 Å². The normalized spacial score (nSPS) is 9.42. The van der Waals surface area contributed by atoms with Crippen LogP contribution in [0.4, 0.5) is 0 Å². The number of hydrogen-bond donors (Lipinski definition) is 2. The number of hydrogen-bond acceptors (Lipinski definition) is 3. The maximum atomic E-state index is 8.68. The van der Waals surface area contributed by atoms with E-state index in [2.05, 4.69) is 31.3 Å². The topological polar surface area (TPSA) is 23.8 Å². The lowest BCUT2D eigenvalue weighted by molar-refractivity contribution is 1.32. The molecule has 1 rings (SSSR count). The van der Waals surface area contributed by atoms with Crippen molar-refractivity contribution in [3.63, 3.8) is 0 Å². The summed E-state index contributed by atoms with van der Waals surface area (Å²) in [6.07, 6.45) is 0. The lowest BCUT2D eigenvalue weighted by Gasteiger charge is -2.00. The third-order valence-corrected chi connectivity index (χ3v) is 2.28. The summed E-state index contributed by atoms with van der Waals surface area (Å²) in [7, 11) is 0. The Morgan fingerprint density at radius 3 is 1.92 bits per heavy atom.